The zero-order chi connectivity index (χ0) is 25.3. The molecule has 3 aromatic rings. The first-order chi connectivity index (χ1) is 16.5. The van der Waals surface area contributed by atoms with Crippen LogP contribution in [-0.2, 0) is 11.2 Å². The molecule has 2 atom stereocenters. The van der Waals surface area contributed by atoms with E-state index >= 15 is 0 Å². The summed E-state index contributed by atoms with van der Waals surface area (Å²) >= 11 is 0. The number of anilines is 1. The Labute approximate surface area is 199 Å². The fourth-order valence-corrected chi connectivity index (χ4v) is 3.83. The molecule has 35 heavy (non-hydrogen) atoms. The lowest BCUT2D eigenvalue weighted by atomic mass is 10.0. The van der Waals surface area contributed by atoms with Crippen molar-refractivity contribution >= 4 is 17.6 Å². The quantitative estimate of drug-likeness (QED) is 0.562. The molecule has 0 spiro atoms. The number of amides is 1. The maximum Gasteiger partial charge on any atom is 0.410 e. The monoisotopic (exact) mass is 492 g/mol. The number of carbonyl (C=O) groups is 1. The lowest BCUT2D eigenvalue weighted by molar-refractivity contribution is 0.00112. The summed E-state index contributed by atoms with van der Waals surface area (Å²) in [6, 6.07) is 3.85. The molecule has 0 radical (unpaired) electrons. The SMILES string of the molecule is CC(C)(C)OC(=O)N1CC[C@@H](Nc2ncc3c(F)cc(-c4ccc(CC(F)F)cn4)n3n2)[C@H](O)C1. The van der Waals surface area contributed by atoms with Gasteiger partial charge in [-0.05, 0) is 38.8 Å². The minimum Gasteiger partial charge on any atom is -0.444 e. The minimum absolute atomic E-state index is 0.0765. The first kappa shape index (κ1) is 24.7. The van der Waals surface area contributed by atoms with Crippen molar-refractivity contribution in [1.82, 2.24) is 24.5 Å². The Balaban J connectivity index is 1.50. The number of carbonyl (C=O) groups excluding carboxylic acids is 1. The fourth-order valence-electron chi connectivity index (χ4n) is 3.83. The predicted molar refractivity (Wildman–Crippen MR) is 122 cm³/mol. The average Bonchev–Trinajstić information content (AvgIpc) is 3.10. The number of hydrogen-bond acceptors (Lipinski definition) is 7. The molecule has 1 aliphatic heterocycles. The van der Waals surface area contributed by atoms with Crippen molar-refractivity contribution in [3.05, 3.63) is 42.0 Å². The van der Waals surface area contributed by atoms with Gasteiger partial charge in [-0.2, -0.15) is 0 Å². The van der Waals surface area contributed by atoms with E-state index in [0.29, 0.717) is 29.9 Å². The zero-order valence-electron chi connectivity index (χ0n) is 19.6. The van der Waals surface area contributed by atoms with E-state index in [1.807, 2.05) is 0 Å². The van der Waals surface area contributed by atoms with Gasteiger partial charge in [-0.3, -0.25) is 4.98 Å². The number of nitrogens with one attached hydrogen (secondary N) is 1. The summed E-state index contributed by atoms with van der Waals surface area (Å²) in [6.07, 6.45) is -1.24. The van der Waals surface area contributed by atoms with Crippen LogP contribution in [0.1, 0.15) is 32.8 Å². The Hall–Kier alpha value is -3.41. The molecule has 1 aliphatic rings. The summed E-state index contributed by atoms with van der Waals surface area (Å²) in [5, 5.41) is 18.0. The number of aliphatic hydroxyl groups excluding tert-OH is 1. The highest BCUT2D eigenvalue weighted by molar-refractivity contribution is 5.68. The molecule has 0 aliphatic carbocycles. The third kappa shape index (κ3) is 5.81. The number of halogens is 3. The summed E-state index contributed by atoms with van der Waals surface area (Å²) in [5.41, 5.74) is 0.532. The highest BCUT2D eigenvalue weighted by Crippen LogP contribution is 2.25. The average molecular weight is 493 g/mol. The smallest absolute Gasteiger partial charge is 0.410 e. The van der Waals surface area contributed by atoms with Gasteiger partial charge in [0.2, 0.25) is 12.4 Å². The van der Waals surface area contributed by atoms with Crippen molar-refractivity contribution in [2.45, 2.75) is 57.8 Å². The molecular weight excluding hydrogens is 465 g/mol. The highest BCUT2D eigenvalue weighted by Gasteiger charge is 2.33. The van der Waals surface area contributed by atoms with Crippen LogP contribution in [0.2, 0.25) is 0 Å². The largest absolute Gasteiger partial charge is 0.444 e. The normalized spacial score (nSPS) is 18.8. The second-order valence-electron chi connectivity index (χ2n) is 9.44. The van der Waals surface area contributed by atoms with Crippen molar-refractivity contribution in [2.24, 2.45) is 0 Å². The molecule has 1 amide bonds. The number of fused-ring (bicyclic) bond motifs is 1. The zero-order valence-corrected chi connectivity index (χ0v) is 19.6. The van der Waals surface area contributed by atoms with Gasteiger partial charge in [0.05, 0.1) is 36.3 Å². The fraction of sp³-hybridized carbons (Fsp3) is 0.478. The number of β-amino-alcohol motifs (C(OH)–C–C–N with tert-alkyl or cyclic N) is 1. The lowest BCUT2D eigenvalue weighted by Gasteiger charge is -2.36. The number of pyridine rings is 1. The number of likely N-dealkylation sites (tertiary alicyclic amines) is 1. The molecule has 3 aromatic heterocycles. The molecule has 1 saturated heterocycles. The Bertz CT molecular complexity index is 1200. The third-order valence-electron chi connectivity index (χ3n) is 5.49. The van der Waals surface area contributed by atoms with Gasteiger partial charge < -0.3 is 20.1 Å². The number of nitrogens with zero attached hydrogens (tertiary/aromatic N) is 5. The van der Waals surface area contributed by atoms with Crippen LogP contribution in [0.4, 0.5) is 23.9 Å². The number of hydrogen-bond donors (Lipinski definition) is 2. The van der Waals surface area contributed by atoms with E-state index in [0.717, 1.165) is 0 Å². The van der Waals surface area contributed by atoms with E-state index in [4.69, 9.17) is 4.74 Å². The van der Waals surface area contributed by atoms with E-state index in [1.54, 1.807) is 20.8 Å². The maximum atomic E-state index is 14.5. The predicted octanol–water partition coefficient (Wildman–Crippen LogP) is 3.52. The van der Waals surface area contributed by atoms with E-state index in [2.05, 4.69) is 20.4 Å². The van der Waals surface area contributed by atoms with Crippen LogP contribution in [0, 0.1) is 5.82 Å². The van der Waals surface area contributed by atoms with Crippen LogP contribution in [0.5, 0.6) is 0 Å². The summed E-state index contributed by atoms with van der Waals surface area (Å²) in [5.74, 6) is -0.408. The summed E-state index contributed by atoms with van der Waals surface area (Å²) in [6.45, 7) is 5.76. The number of alkyl halides is 2. The molecule has 9 nitrogen and oxygen atoms in total. The summed E-state index contributed by atoms with van der Waals surface area (Å²) in [7, 11) is 0. The maximum absolute atomic E-state index is 14.5. The Morgan fingerprint density at radius 2 is 2.06 bits per heavy atom. The molecule has 4 rings (SSSR count). The van der Waals surface area contributed by atoms with Gasteiger partial charge in [0.25, 0.3) is 0 Å². The minimum atomic E-state index is -2.48. The van der Waals surface area contributed by atoms with Crippen LogP contribution in [-0.4, -0.2) is 72.9 Å². The number of aromatic nitrogens is 4. The van der Waals surface area contributed by atoms with Crippen LogP contribution in [0.3, 0.4) is 0 Å². The Morgan fingerprint density at radius 1 is 1.29 bits per heavy atom. The van der Waals surface area contributed by atoms with Crippen LogP contribution in [0.25, 0.3) is 16.9 Å². The topological polar surface area (TPSA) is 105 Å². The van der Waals surface area contributed by atoms with E-state index in [-0.39, 0.29) is 18.0 Å². The molecule has 0 unspecified atom stereocenters. The van der Waals surface area contributed by atoms with Crippen LogP contribution < -0.4 is 5.32 Å². The second kappa shape index (κ2) is 9.68. The number of aliphatic hydroxyl groups is 1. The molecular formula is C23H27F3N6O3. The molecule has 12 heteroatoms. The van der Waals surface area contributed by atoms with Crippen LogP contribution in [0.15, 0.2) is 30.6 Å². The standard InChI is InChI=1S/C23H27F3N6O3/c1-23(2,3)35-22(34)31-7-6-16(19(33)12-31)29-21-28-11-18-14(24)9-17(32(18)30-21)15-5-4-13(10-27-15)8-20(25)26/h4-5,9-11,16,19-20,33H,6-8,12H2,1-3H3,(H,29,30)/t16-,19-/m1/s1. The van der Waals surface area contributed by atoms with Crippen molar-refractivity contribution in [3.8, 4) is 11.4 Å². The highest BCUT2D eigenvalue weighted by atomic mass is 19.3. The number of rotatable bonds is 5. The summed E-state index contributed by atoms with van der Waals surface area (Å²) < 4.78 is 46.4. The van der Waals surface area contributed by atoms with Gasteiger partial charge in [0, 0.05) is 25.2 Å². The Kier molecular flexibility index (Phi) is 6.84. The first-order valence-electron chi connectivity index (χ1n) is 11.2. The molecule has 188 valence electrons. The van der Waals surface area contributed by atoms with Gasteiger partial charge in [-0.15, -0.1) is 5.10 Å². The van der Waals surface area contributed by atoms with Crippen molar-refractivity contribution in [1.29, 1.82) is 0 Å². The van der Waals surface area contributed by atoms with Crippen molar-refractivity contribution in [2.75, 3.05) is 18.4 Å². The van der Waals surface area contributed by atoms with Crippen LogP contribution >= 0.6 is 0 Å². The van der Waals surface area contributed by atoms with Crippen molar-refractivity contribution in [3.63, 3.8) is 0 Å². The first-order valence-corrected chi connectivity index (χ1v) is 11.2. The molecule has 2 N–H and O–H groups in total. The summed E-state index contributed by atoms with van der Waals surface area (Å²) in [4.78, 5) is 22.1. The van der Waals surface area contributed by atoms with E-state index in [9.17, 15) is 23.1 Å². The number of ether oxygens (including phenoxy) is 1. The molecule has 1 fully saturated rings. The third-order valence-corrected chi connectivity index (χ3v) is 5.49. The van der Waals surface area contributed by atoms with Gasteiger partial charge in [0.15, 0.2) is 5.82 Å². The molecule has 0 saturated carbocycles. The molecule has 0 aromatic carbocycles. The Morgan fingerprint density at radius 3 is 2.69 bits per heavy atom. The number of piperidine rings is 1. The second-order valence-corrected chi connectivity index (χ2v) is 9.44. The van der Waals surface area contributed by atoms with Gasteiger partial charge in [-0.1, -0.05) is 6.07 Å². The molecule has 4 heterocycles. The van der Waals surface area contributed by atoms with E-state index in [1.165, 1.54) is 40.0 Å². The van der Waals surface area contributed by atoms with Gasteiger partial charge in [0.1, 0.15) is 11.1 Å². The van der Waals surface area contributed by atoms with Crippen molar-refractivity contribution < 1.29 is 27.8 Å². The van der Waals surface area contributed by atoms with Gasteiger partial charge >= 0.3 is 6.09 Å². The van der Waals surface area contributed by atoms with E-state index < -0.39 is 42.5 Å². The molecule has 0 bridgehead atoms. The van der Waals surface area contributed by atoms with Gasteiger partial charge in [-0.25, -0.2) is 27.5 Å². The lowest BCUT2D eigenvalue weighted by Crippen LogP contribution is -2.52.